The summed E-state index contributed by atoms with van der Waals surface area (Å²) in [5.41, 5.74) is 4.95. The van der Waals surface area contributed by atoms with Crippen LogP contribution in [0, 0.1) is 11.8 Å². The van der Waals surface area contributed by atoms with Gasteiger partial charge in [-0.1, -0.05) is 0 Å². The molecule has 0 radical (unpaired) electrons. The number of ether oxygens (including phenoxy) is 2. The van der Waals surface area contributed by atoms with E-state index in [1.165, 1.54) is 22.2 Å². The van der Waals surface area contributed by atoms with E-state index in [0.29, 0.717) is 30.5 Å². The third-order valence-electron chi connectivity index (χ3n) is 7.10. The van der Waals surface area contributed by atoms with Gasteiger partial charge in [-0.25, -0.2) is 0 Å². The van der Waals surface area contributed by atoms with E-state index in [0.717, 1.165) is 24.2 Å². The average molecular weight is 366 g/mol. The number of likely N-dealkylation sites (N-methyl/N-ethyl adjacent to an activating group) is 1. The van der Waals surface area contributed by atoms with Gasteiger partial charge in [0.05, 0.1) is 31.5 Å². The number of carbonyl (C=O) groups is 1. The van der Waals surface area contributed by atoms with E-state index >= 15 is 0 Å². The molecule has 142 valence electrons. The van der Waals surface area contributed by atoms with Crippen LogP contribution in [0.4, 0.5) is 0 Å². The quantitative estimate of drug-likeness (QED) is 0.819. The first kappa shape index (κ1) is 16.9. The number of aryl methyl sites for hydroxylation is 1. The summed E-state index contributed by atoms with van der Waals surface area (Å²) in [6, 6.07) is 7.11. The van der Waals surface area contributed by atoms with Crippen LogP contribution in [0.25, 0.3) is 10.9 Å². The van der Waals surface area contributed by atoms with E-state index in [1.807, 2.05) is 0 Å². The first-order chi connectivity index (χ1) is 13.0. The SMILES string of the molecule is COc1ccc2c3c(n(C)c2c1)C1C[C@H]2C(C(C)=O)=COC[C@H]2[C@H](C3)N1C. The van der Waals surface area contributed by atoms with Gasteiger partial charge in [0.2, 0.25) is 0 Å². The maximum absolute atomic E-state index is 12.2. The van der Waals surface area contributed by atoms with Crippen molar-refractivity contribution in [2.75, 3.05) is 20.8 Å². The minimum absolute atomic E-state index is 0.148. The largest absolute Gasteiger partial charge is 0.500 e. The minimum Gasteiger partial charge on any atom is -0.500 e. The molecule has 5 rings (SSSR count). The predicted molar refractivity (Wildman–Crippen MR) is 104 cm³/mol. The number of ketones is 1. The molecule has 5 heteroatoms. The molecule has 2 aromatic rings. The molecule has 3 aliphatic rings. The standard InChI is InChI=1S/C22H26N2O3/c1-12(25)17-10-27-11-18-15(17)8-21-22-16(9-20(18)23(21)2)14-6-5-13(26-4)7-19(14)24(22)3/h5-7,10,15,18,20-21H,8-9,11H2,1-4H3/t15-,18+,20-,21?/m0/s1. The van der Waals surface area contributed by atoms with Crippen LogP contribution in [0.5, 0.6) is 5.75 Å². The van der Waals surface area contributed by atoms with Crippen molar-refractivity contribution in [1.82, 2.24) is 9.47 Å². The van der Waals surface area contributed by atoms with Gasteiger partial charge in [0, 0.05) is 41.7 Å². The van der Waals surface area contributed by atoms with Gasteiger partial charge in [-0.3, -0.25) is 9.69 Å². The third kappa shape index (κ3) is 2.24. The van der Waals surface area contributed by atoms with Crippen LogP contribution < -0.4 is 4.74 Å². The summed E-state index contributed by atoms with van der Waals surface area (Å²) in [6.07, 6.45) is 3.69. The molecule has 1 fully saturated rings. The Bertz CT molecular complexity index is 974. The van der Waals surface area contributed by atoms with Crippen molar-refractivity contribution in [1.29, 1.82) is 0 Å². The molecule has 4 atom stereocenters. The number of piperidine rings is 1. The smallest absolute Gasteiger partial charge is 0.159 e. The molecular formula is C22H26N2O3. The fraction of sp³-hybridized carbons (Fsp3) is 0.500. The lowest BCUT2D eigenvalue weighted by molar-refractivity contribution is -0.116. The van der Waals surface area contributed by atoms with E-state index in [4.69, 9.17) is 9.47 Å². The van der Waals surface area contributed by atoms with Gasteiger partial charge >= 0.3 is 0 Å². The number of carbonyl (C=O) groups excluding carboxylic acids is 1. The number of fused-ring (bicyclic) bond motifs is 8. The molecule has 1 unspecified atom stereocenters. The van der Waals surface area contributed by atoms with Crippen molar-refractivity contribution in [2.45, 2.75) is 31.8 Å². The number of hydrogen-bond acceptors (Lipinski definition) is 4. The van der Waals surface area contributed by atoms with Gasteiger partial charge in [-0.15, -0.1) is 0 Å². The van der Waals surface area contributed by atoms with Crippen molar-refractivity contribution < 1.29 is 14.3 Å². The van der Waals surface area contributed by atoms with Crippen LogP contribution in [-0.2, 0) is 23.0 Å². The number of hydrogen-bond donors (Lipinski definition) is 0. The van der Waals surface area contributed by atoms with Crippen molar-refractivity contribution in [2.24, 2.45) is 18.9 Å². The molecule has 3 aliphatic heterocycles. The molecule has 4 heterocycles. The van der Waals surface area contributed by atoms with E-state index in [9.17, 15) is 4.79 Å². The van der Waals surface area contributed by atoms with Crippen LogP contribution in [0.1, 0.15) is 30.6 Å². The van der Waals surface area contributed by atoms with Gasteiger partial charge in [-0.05, 0) is 50.4 Å². The Kier molecular flexibility index (Phi) is 3.66. The first-order valence-electron chi connectivity index (χ1n) is 9.71. The summed E-state index contributed by atoms with van der Waals surface area (Å²) in [5, 5.41) is 1.33. The number of benzene rings is 1. The minimum atomic E-state index is 0.148. The summed E-state index contributed by atoms with van der Waals surface area (Å²) >= 11 is 0. The summed E-state index contributed by atoms with van der Waals surface area (Å²) in [6.45, 7) is 2.37. The van der Waals surface area contributed by atoms with Gasteiger partial charge in [0.15, 0.2) is 5.78 Å². The van der Waals surface area contributed by atoms with Gasteiger partial charge in [-0.2, -0.15) is 0 Å². The maximum atomic E-state index is 12.2. The normalized spacial score (nSPS) is 29.6. The molecule has 1 aromatic carbocycles. The van der Waals surface area contributed by atoms with E-state index in [2.05, 4.69) is 41.8 Å². The number of allylic oxidation sites excluding steroid dienone is 1. The maximum Gasteiger partial charge on any atom is 0.159 e. The Morgan fingerprint density at radius 3 is 2.85 bits per heavy atom. The molecule has 0 spiro atoms. The van der Waals surface area contributed by atoms with Crippen molar-refractivity contribution in [3.8, 4) is 5.75 Å². The second-order valence-corrected chi connectivity index (χ2v) is 8.23. The van der Waals surface area contributed by atoms with Crippen LogP contribution in [0.3, 0.4) is 0 Å². The van der Waals surface area contributed by atoms with Crippen LogP contribution in [-0.4, -0.2) is 42.1 Å². The lowest BCUT2D eigenvalue weighted by Gasteiger charge is -2.52. The first-order valence-corrected chi connectivity index (χ1v) is 9.71. The van der Waals surface area contributed by atoms with E-state index in [1.54, 1.807) is 20.3 Å². The lowest BCUT2D eigenvalue weighted by atomic mass is 9.67. The Balaban J connectivity index is 1.67. The predicted octanol–water partition coefficient (Wildman–Crippen LogP) is 3.22. The molecule has 27 heavy (non-hydrogen) atoms. The third-order valence-corrected chi connectivity index (χ3v) is 7.10. The van der Waals surface area contributed by atoms with Crippen molar-refractivity contribution in [3.63, 3.8) is 0 Å². The second kappa shape index (κ2) is 5.86. The molecular weight excluding hydrogens is 340 g/mol. The number of methoxy groups -OCH3 is 1. The Labute approximate surface area is 159 Å². The second-order valence-electron chi connectivity index (χ2n) is 8.23. The highest BCUT2D eigenvalue weighted by molar-refractivity contribution is 5.94. The molecule has 0 saturated carbocycles. The molecule has 2 bridgehead atoms. The summed E-state index contributed by atoms with van der Waals surface area (Å²) in [7, 11) is 6.11. The molecule has 0 aliphatic carbocycles. The van der Waals surface area contributed by atoms with Gasteiger partial charge in [0.25, 0.3) is 0 Å². The average Bonchev–Trinajstić information content (AvgIpc) is 2.93. The fourth-order valence-electron chi connectivity index (χ4n) is 5.74. The summed E-state index contributed by atoms with van der Waals surface area (Å²) in [5.74, 6) is 1.70. The number of aromatic nitrogens is 1. The molecule has 1 saturated heterocycles. The zero-order chi connectivity index (χ0) is 18.9. The summed E-state index contributed by atoms with van der Waals surface area (Å²) < 4.78 is 13.5. The van der Waals surface area contributed by atoms with Crippen LogP contribution in [0.2, 0.25) is 0 Å². The topological polar surface area (TPSA) is 43.7 Å². The molecule has 0 amide bonds. The Morgan fingerprint density at radius 2 is 2.11 bits per heavy atom. The summed E-state index contributed by atoms with van der Waals surface area (Å²) in [4.78, 5) is 14.7. The zero-order valence-corrected chi connectivity index (χ0v) is 16.4. The fourth-order valence-corrected chi connectivity index (χ4v) is 5.74. The van der Waals surface area contributed by atoms with E-state index in [-0.39, 0.29) is 5.78 Å². The molecule has 5 nitrogen and oxygen atoms in total. The zero-order valence-electron chi connectivity index (χ0n) is 16.4. The number of Topliss-reactive ketones (excluding diaryl/α,β-unsaturated/α-hetero) is 1. The van der Waals surface area contributed by atoms with Crippen molar-refractivity contribution in [3.05, 3.63) is 41.3 Å². The number of nitrogens with zero attached hydrogens (tertiary/aromatic N) is 2. The van der Waals surface area contributed by atoms with Crippen molar-refractivity contribution >= 4 is 16.7 Å². The van der Waals surface area contributed by atoms with Crippen LogP contribution >= 0.6 is 0 Å². The molecule has 1 aromatic heterocycles. The molecule has 0 N–H and O–H groups in total. The number of rotatable bonds is 2. The highest BCUT2D eigenvalue weighted by Gasteiger charge is 2.50. The highest BCUT2D eigenvalue weighted by Crippen LogP contribution is 2.51. The van der Waals surface area contributed by atoms with Crippen LogP contribution in [0.15, 0.2) is 30.0 Å². The van der Waals surface area contributed by atoms with Gasteiger partial charge < -0.3 is 14.0 Å². The van der Waals surface area contributed by atoms with E-state index < -0.39 is 0 Å². The monoisotopic (exact) mass is 366 g/mol. The Morgan fingerprint density at radius 1 is 1.30 bits per heavy atom. The Hall–Kier alpha value is -2.27. The van der Waals surface area contributed by atoms with Gasteiger partial charge in [0.1, 0.15) is 5.75 Å². The lowest BCUT2D eigenvalue weighted by Crippen LogP contribution is -2.55. The highest BCUT2D eigenvalue weighted by atomic mass is 16.5.